The molecule has 2 aromatic carbocycles. The normalized spacial score (nSPS) is 18.7. The topological polar surface area (TPSA) is 90.9 Å². The van der Waals surface area contributed by atoms with Crippen LogP contribution < -0.4 is 10.6 Å². The first-order chi connectivity index (χ1) is 18.2. The van der Waals surface area contributed by atoms with Crippen LogP contribution in [0.5, 0.6) is 0 Å². The Morgan fingerprint density at radius 2 is 1.84 bits per heavy atom. The standard InChI is InChI=1S/C29H39F2N3O4/c1-4-6-10-34(3)29(37)21-9-7-8-20(15-21)28(36)33-26(14-19-12-22(30)16-23(31)13-19)27(35)25-17-24(18-32-25)38-11-5-2/h7-9,12-13,15-16,24-27,32,35H,4-6,10-11,14,17-18H2,1-3H3,(H,33,36)/t24-,25-,26?,27+/m1/s1. The summed E-state index contributed by atoms with van der Waals surface area (Å²) < 4.78 is 33.6. The maximum absolute atomic E-state index is 13.9. The van der Waals surface area contributed by atoms with Crippen LogP contribution in [-0.2, 0) is 11.2 Å². The third kappa shape index (κ3) is 8.31. The van der Waals surface area contributed by atoms with E-state index in [0.29, 0.717) is 37.2 Å². The fraction of sp³-hybridized carbons (Fsp3) is 0.517. The maximum Gasteiger partial charge on any atom is 0.253 e. The van der Waals surface area contributed by atoms with Gasteiger partial charge in [0.2, 0.25) is 0 Å². The predicted molar refractivity (Wildman–Crippen MR) is 142 cm³/mol. The van der Waals surface area contributed by atoms with E-state index in [2.05, 4.69) is 10.6 Å². The van der Waals surface area contributed by atoms with E-state index in [4.69, 9.17) is 4.74 Å². The minimum atomic E-state index is -1.05. The molecule has 7 nitrogen and oxygen atoms in total. The van der Waals surface area contributed by atoms with Crippen molar-refractivity contribution in [2.45, 2.75) is 70.2 Å². The van der Waals surface area contributed by atoms with Gasteiger partial charge in [-0.25, -0.2) is 8.78 Å². The maximum atomic E-state index is 13.9. The molecule has 38 heavy (non-hydrogen) atoms. The summed E-state index contributed by atoms with van der Waals surface area (Å²) in [7, 11) is 1.72. The van der Waals surface area contributed by atoms with Gasteiger partial charge < -0.3 is 25.4 Å². The number of aliphatic hydroxyl groups excluding tert-OH is 1. The van der Waals surface area contributed by atoms with Crippen LogP contribution in [0.25, 0.3) is 0 Å². The fourth-order valence-corrected chi connectivity index (χ4v) is 4.69. The van der Waals surface area contributed by atoms with Crippen LogP contribution in [0, 0.1) is 11.6 Å². The first kappa shape index (κ1) is 29.7. The summed E-state index contributed by atoms with van der Waals surface area (Å²) in [4.78, 5) is 27.7. The van der Waals surface area contributed by atoms with E-state index in [9.17, 15) is 23.5 Å². The van der Waals surface area contributed by atoms with E-state index in [0.717, 1.165) is 25.3 Å². The van der Waals surface area contributed by atoms with E-state index in [1.54, 1.807) is 30.1 Å². The van der Waals surface area contributed by atoms with Gasteiger partial charge in [-0.2, -0.15) is 0 Å². The summed E-state index contributed by atoms with van der Waals surface area (Å²) in [5.41, 5.74) is 0.949. The van der Waals surface area contributed by atoms with Gasteiger partial charge in [-0.05, 0) is 61.6 Å². The van der Waals surface area contributed by atoms with Gasteiger partial charge in [0.15, 0.2) is 0 Å². The van der Waals surface area contributed by atoms with E-state index in [1.165, 1.54) is 18.2 Å². The average Bonchev–Trinajstić information content (AvgIpc) is 3.37. The molecule has 1 aliphatic heterocycles. The average molecular weight is 532 g/mol. The molecule has 0 radical (unpaired) electrons. The van der Waals surface area contributed by atoms with Gasteiger partial charge in [0.25, 0.3) is 11.8 Å². The van der Waals surface area contributed by atoms with Gasteiger partial charge in [-0.15, -0.1) is 0 Å². The Labute approximate surface area is 223 Å². The first-order valence-corrected chi connectivity index (χ1v) is 13.4. The number of nitrogens with zero attached hydrogens (tertiary/aromatic N) is 1. The van der Waals surface area contributed by atoms with Crippen molar-refractivity contribution in [1.29, 1.82) is 0 Å². The summed E-state index contributed by atoms with van der Waals surface area (Å²) in [5, 5.41) is 17.4. The lowest BCUT2D eigenvalue weighted by Gasteiger charge is -2.29. The molecule has 3 rings (SSSR count). The zero-order chi connectivity index (χ0) is 27.7. The number of ether oxygens (including phenoxy) is 1. The molecule has 0 bridgehead atoms. The number of hydrogen-bond donors (Lipinski definition) is 3. The number of hydrogen-bond acceptors (Lipinski definition) is 5. The molecule has 1 saturated heterocycles. The summed E-state index contributed by atoms with van der Waals surface area (Å²) >= 11 is 0. The molecule has 9 heteroatoms. The van der Waals surface area contributed by atoms with Gasteiger partial charge >= 0.3 is 0 Å². The summed E-state index contributed by atoms with van der Waals surface area (Å²) in [6, 6.07) is 8.34. The zero-order valence-electron chi connectivity index (χ0n) is 22.4. The molecule has 2 aromatic rings. The highest BCUT2D eigenvalue weighted by molar-refractivity contribution is 5.99. The molecule has 0 aromatic heterocycles. The lowest BCUT2D eigenvalue weighted by atomic mass is 9.94. The molecule has 3 N–H and O–H groups in total. The second-order valence-electron chi connectivity index (χ2n) is 9.96. The Kier molecular flexibility index (Phi) is 11.2. The van der Waals surface area contributed by atoms with Crippen LogP contribution in [0.3, 0.4) is 0 Å². The van der Waals surface area contributed by atoms with Crippen molar-refractivity contribution in [2.24, 2.45) is 0 Å². The number of benzene rings is 2. The van der Waals surface area contributed by atoms with Crippen molar-refractivity contribution in [3.8, 4) is 0 Å². The Morgan fingerprint density at radius 1 is 1.13 bits per heavy atom. The first-order valence-electron chi connectivity index (χ1n) is 13.4. The molecule has 0 saturated carbocycles. The minimum absolute atomic E-state index is 0.0125. The molecular weight excluding hydrogens is 492 g/mol. The van der Waals surface area contributed by atoms with Crippen molar-refractivity contribution >= 4 is 11.8 Å². The van der Waals surface area contributed by atoms with Crippen LogP contribution >= 0.6 is 0 Å². The summed E-state index contributed by atoms with van der Waals surface area (Å²) in [5.74, 6) is -2.14. The van der Waals surface area contributed by atoms with Crippen LogP contribution in [0.1, 0.15) is 65.8 Å². The van der Waals surface area contributed by atoms with Crippen molar-refractivity contribution in [1.82, 2.24) is 15.5 Å². The van der Waals surface area contributed by atoms with E-state index in [1.807, 2.05) is 13.8 Å². The third-order valence-corrected chi connectivity index (χ3v) is 6.77. The number of carbonyl (C=O) groups excluding carboxylic acids is 2. The Balaban J connectivity index is 1.78. The number of carbonyl (C=O) groups is 2. The number of rotatable bonds is 13. The Bertz CT molecular complexity index is 1060. The molecule has 0 aliphatic carbocycles. The molecule has 4 atom stereocenters. The second kappa shape index (κ2) is 14.3. The monoisotopic (exact) mass is 531 g/mol. The molecule has 1 heterocycles. The number of unbranched alkanes of at least 4 members (excludes halogenated alkanes) is 1. The van der Waals surface area contributed by atoms with Gasteiger partial charge in [0, 0.05) is 50.0 Å². The van der Waals surface area contributed by atoms with Crippen LogP contribution in [0.2, 0.25) is 0 Å². The highest BCUT2D eigenvalue weighted by Gasteiger charge is 2.35. The van der Waals surface area contributed by atoms with Gasteiger partial charge in [0.1, 0.15) is 11.6 Å². The summed E-state index contributed by atoms with van der Waals surface area (Å²) in [6.45, 7) is 5.85. The van der Waals surface area contributed by atoms with E-state index < -0.39 is 29.7 Å². The van der Waals surface area contributed by atoms with Crippen LogP contribution in [-0.4, -0.2) is 72.9 Å². The molecule has 1 aliphatic rings. The lowest BCUT2D eigenvalue weighted by Crippen LogP contribution is -2.52. The van der Waals surface area contributed by atoms with Crippen molar-refractivity contribution in [3.63, 3.8) is 0 Å². The fourth-order valence-electron chi connectivity index (χ4n) is 4.69. The largest absolute Gasteiger partial charge is 0.389 e. The lowest BCUT2D eigenvalue weighted by molar-refractivity contribution is 0.0514. The molecule has 208 valence electrons. The van der Waals surface area contributed by atoms with Crippen molar-refractivity contribution in [3.05, 3.63) is 70.8 Å². The highest BCUT2D eigenvalue weighted by Crippen LogP contribution is 2.20. The summed E-state index contributed by atoms with van der Waals surface area (Å²) in [6.07, 6.45) is 2.15. The van der Waals surface area contributed by atoms with Crippen LogP contribution in [0.4, 0.5) is 8.78 Å². The number of aliphatic hydroxyl groups is 1. The minimum Gasteiger partial charge on any atom is -0.389 e. The number of halogens is 2. The van der Waals surface area contributed by atoms with Crippen LogP contribution in [0.15, 0.2) is 42.5 Å². The Hall–Kier alpha value is -2.88. The molecule has 0 spiro atoms. The van der Waals surface area contributed by atoms with Crippen molar-refractivity contribution in [2.75, 3.05) is 26.7 Å². The second-order valence-corrected chi connectivity index (χ2v) is 9.96. The molecule has 2 amide bonds. The zero-order valence-corrected chi connectivity index (χ0v) is 22.4. The number of nitrogens with one attached hydrogen (secondary N) is 2. The predicted octanol–water partition coefficient (Wildman–Crippen LogP) is 3.70. The third-order valence-electron chi connectivity index (χ3n) is 6.77. The quantitative estimate of drug-likeness (QED) is 0.367. The molecular formula is C29H39F2N3O4. The molecule has 1 fully saturated rings. The Morgan fingerprint density at radius 3 is 2.53 bits per heavy atom. The SMILES string of the molecule is CCCCN(C)C(=O)c1cccc(C(=O)NC(Cc2cc(F)cc(F)c2)[C@@H](O)[C@H]2C[C@@H](OCCC)CN2)c1. The van der Waals surface area contributed by atoms with Gasteiger partial charge in [0.05, 0.1) is 18.2 Å². The van der Waals surface area contributed by atoms with E-state index in [-0.39, 0.29) is 30.0 Å². The number of amides is 2. The van der Waals surface area contributed by atoms with Gasteiger partial charge in [-0.3, -0.25) is 9.59 Å². The van der Waals surface area contributed by atoms with Crippen molar-refractivity contribution < 1.29 is 28.2 Å². The highest BCUT2D eigenvalue weighted by atomic mass is 19.1. The van der Waals surface area contributed by atoms with E-state index >= 15 is 0 Å². The van der Waals surface area contributed by atoms with Gasteiger partial charge in [-0.1, -0.05) is 26.3 Å². The molecule has 1 unspecified atom stereocenters. The smallest absolute Gasteiger partial charge is 0.253 e.